The Balaban J connectivity index is 2.28. The van der Waals surface area contributed by atoms with Crippen LogP contribution in [0.15, 0.2) is 23.8 Å². The van der Waals surface area contributed by atoms with E-state index >= 15 is 0 Å². The third-order valence-corrected chi connectivity index (χ3v) is 4.92. The van der Waals surface area contributed by atoms with Gasteiger partial charge in [0.2, 0.25) is 0 Å². The molecule has 0 N–H and O–H groups in total. The number of allylic oxidation sites excluding steroid dienone is 1. The summed E-state index contributed by atoms with van der Waals surface area (Å²) in [6.07, 6.45) is 8.81. The summed E-state index contributed by atoms with van der Waals surface area (Å²) in [5.41, 5.74) is 2.38. The van der Waals surface area contributed by atoms with Crippen molar-refractivity contribution in [2.75, 3.05) is 5.33 Å². The van der Waals surface area contributed by atoms with Crippen molar-refractivity contribution >= 4 is 45.2 Å². The summed E-state index contributed by atoms with van der Waals surface area (Å²) in [6.45, 7) is 0. The van der Waals surface area contributed by atoms with E-state index in [1.807, 2.05) is 18.2 Å². The van der Waals surface area contributed by atoms with Crippen LogP contribution in [-0.2, 0) is 0 Å². The molecule has 0 heterocycles. The van der Waals surface area contributed by atoms with Gasteiger partial charge in [-0.3, -0.25) is 0 Å². The van der Waals surface area contributed by atoms with E-state index in [-0.39, 0.29) is 0 Å². The molecule has 2 rings (SSSR count). The Morgan fingerprint density at radius 1 is 1.17 bits per heavy atom. The standard InChI is InChI=1S/C15H17BrCl2/c16-10-12(11-5-2-1-3-6-11)9-13-14(17)7-4-8-15(13)18/h4,7-9,11H,1-3,5-6,10H2. The maximum Gasteiger partial charge on any atom is 0.0493 e. The number of benzene rings is 1. The van der Waals surface area contributed by atoms with Crippen LogP contribution in [0.3, 0.4) is 0 Å². The molecule has 1 aromatic carbocycles. The Kier molecular flexibility index (Phi) is 5.59. The number of alkyl halides is 1. The van der Waals surface area contributed by atoms with Gasteiger partial charge < -0.3 is 0 Å². The minimum absolute atomic E-state index is 0.686. The van der Waals surface area contributed by atoms with Crippen molar-refractivity contribution in [2.45, 2.75) is 32.1 Å². The highest BCUT2D eigenvalue weighted by atomic mass is 79.9. The number of halogens is 3. The molecular formula is C15H17BrCl2. The summed E-state index contributed by atoms with van der Waals surface area (Å²) < 4.78 is 0. The zero-order valence-electron chi connectivity index (χ0n) is 10.3. The lowest BCUT2D eigenvalue weighted by Crippen LogP contribution is -2.10. The average molecular weight is 348 g/mol. The van der Waals surface area contributed by atoms with Gasteiger partial charge in [0, 0.05) is 20.9 Å². The molecule has 1 aliphatic rings. The predicted octanol–water partition coefficient (Wildman–Crippen LogP) is 6.35. The molecule has 0 aromatic heterocycles. The summed E-state index contributed by atoms with van der Waals surface area (Å²) in [6, 6.07) is 5.68. The van der Waals surface area contributed by atoms with Crippen LogP contribution >= 0.6 is 39.1 Å². The molecule has 0 atom stereocenters. The minimum Gasteiger partial charge on any atom is -0.0880 e. The first-order chi connectivity index (χ1) is 8.72. The van der Waals surface area contributed by atoms with Crippen molar-refractivity contribution in [1.82, 2.24) is 0 Å². The Morgan fingerprint density at radius 3 is 2.33 bits per heavy atom. The number of hydrogen-bond acceptors (Lipinski definition) is 0. The molecule has 1 saturated carbocycles. The van der Waals surface area contributed by atoms with Crippen LogP contribution in [0.4, 0.5) is 0 Å². The molecule has 0 nitrogen and oxygen atoms in total. The molecule has 0 saturated heterocycles. The first-order valence-corrected chi connectivity index (χ1v) is 8.30. The topological polar surface area (TPSA) is 0 Å². The van der Waals surface area contributed by atoms with Gasteiger partial charge in [0.05, 0.1) is 0 Å². The SMILES string of the molecule is Clc1cccc(Cl)c1C=C(CBr)C1CCCCC1. The van der Waals surface area contributed by atoms with Gasteiger partial charge >= 0.3 is 0 Å². The highest BCUT2D eigenvalue weighted by Crippen LogP contribution is 2.34. The van der Waals surface area contributed by atoms with Crippen LogP contribution in [0.5, 0.6) is 0 Å². The molecule has 3 heteroatoms. The van der Waals surface area contributed by atoms with E-state index in [0.29, 0.717) is 5.92 Å². The molecule has 0 aliphatic heterocycles. The van der Waals surface area contributed by atoms with Gasteiger partial charge in [-0.2, -0.15) is 0 Å². The quantitative estimate of drug-likeness (QED) is 0.558. The van der Waals surface area contributed by atoms with Gasteiger partial charge in [-0.15, -0.1) is 0 Å². The molecule has 1 aliphatic carbocycles. The Morgan fingerprint density at radius 2 is 1.78 bits per heavy atom. The fourth-order valence-electron chi connectivity index (χ4n) is 2.57. The first kappa shape index (κ1) is 14.4. The van der Waals surface area contributed by atoms with Gasteiger partial charge in [0.25, 0.3) is 0 Å². The van der Waals surface area contributed by atoms with Gasteiger partial charge in [-0.1, -0.05) is 76.1 Å². The zero-order chi connectivity index (χ0) is 13.0. The summed E-state index contributed by atoms with van der Waals surface area (Å²) in [5.74, 6) is 0.686. The fraction of sp³-hybridized carbons (Fsp3) is 0.467. The molecule has 98 valence electrons. The van der Waals surface area contributed by atoms with Crippen molar-refractivity contribution in [1.29, 1.82) is 0 Å². The highest BCUT2D eigenvalue weighted by molar-refractivity contribution is 9.09. The summed E-state index contributed by atoms with van der Waals surface area (Å²) >= 11 is 16.1. The highest BCUT2D eigenvalue weighted by Gasteiger charge is 2.17. The Bertz CT molecular complexity index is 414. The third-order valence-electron chi connectivity index (χ3n) is 3.61. The minimum atomic E-state index is 0.686. The normalized spacial score (nSPS) is 18.1. The van der Waals surface area contributed by atoms with Crippen LogP contribution in [0.25, 0.3) is 6.08 Å². The number of rotatable bonds is 3. The molecule has 0 bridgehead atoms. The van der Waals surface area contributed by atoms with Crippen molar-refractivity contribution in [3.05, 3.63) is 39.4 Å². The molecule has 0 radical (unpaired) electrons. The van der Waals surface area contributed by atoms with Crippen LogP contribution < -0.4 is 0 Å². The van der Waals surface area contributed by atoms with Crippen molar-refractivity contribution in [2.24, 2.45) is 5.92 Å². The fourth-order valence-corrected chi connectivity index (χ4v) is 3.70. The van der Waals surface area contributed by atoms with Gasteiger partial charge in [-0.25, -0.2) is 0 Å². The molecular weight excluding hydrogens is 331 g/mol. The Hall–Kier alpha value is 0.0200. The van der Waals surface area contributed by atoms with Gasteiger partial charge in [0.15, 0.2) is 0 Å². The van der Waals surface area contributed by atoms with Gasteiger partial charge in [-0.05, 0) is 30.9 Å². The number of hydrogen-bond donors (Lipinski definition) is 0. The largest absolute Gasteiger partial charge is 0.0880 e. The maximum atomic E-state index is 6.23. The Labute approximate surface area is 127 Å². The molecule has 0 unspecified atom stereocenters. The smallest absolute Gasteiger partial charge is 0.0493 e. The lowest BCUT2D eigenvalue weighted by atomic mass is 9.84. The first-order valence-electron chi connectivity index (χ1n) is 6.43. The van der Waals surface area contributed by atoms with E-state index in [2.05, 4.69) is 22.0 Å². The summed E-state index contributed by atoms with van der Waals surface area (Å²) in [4.78, 5) is 0. The lowest BCUT2D eigenvalue weighted by Gasteiger charge is -2.23. The lowest BCUT2D eigenvalue weighted by molar-refractivity contribution is 0.405. The predicted molar refractivity (Wildman–Crippen MR) is 84.8 cm³/mol. The third kappa shape index (κ3) is 3.53. The van der Waals surface area contributed by atoms with Crippen LogP contribution in [0, 0.1) is 5.92 Å². The molecule has 1 fully saturated rings. The monoisotopic (exact) mass is 346 g/mol. The van der Waals surface area contributed by atoms with Crippen LogP contribution in [0.2, 0.25) is 10.0 Å². The van der Waals surface area contributed by atoms with Crippen molar-refractivity contribution in [3.8, 4) is 0 Å². The van der Waals surface area contributed by atoms with Crippen molar-refractivity contribution in [3.63, 3.8) is 0 Å². The maximum absolute atomic E-state index is 6.23. The van der Waals surface area contributed by atoms with E-state index in [1.54, 1.807) is 0 Å². The second-order valence-corrected chi connectivity index (χ2v) is 6.20. The van der Waals surface area contributed by atoms with E-state index < -0.39 is 0 Å². The summed E-state index contributed by atoms with van der Waals surface area (Å²) in [7, 11) is 0. The average Bonchev–Trinajstić information content (AvgIpc) is 2.40. The van der Waals surface area contributed by atoms with Gasteiger partial charge in [0.1, 0.15) is 0 Å². The van der Waals surface area contributed by atoms with E-state index in [1.165, 1.54) is 37.7 Å². The zero-order valence-corrected chi connectivity index (χ0v) is 13.4. The molecule has 0 amide bonds. The summed E-state index contributed by atoms with van der Waals surface area (Å²) in [5, 5.41) is 2.37. The van der Waals surface area contributed by atoms with E-state index in [9.17, 15) is 0 Å². The van der Waals surface area contributed by atoms with E-state index in [0.717, 1.165) is 20.9 Å². The van der Waals surface area contributed by atoms with E-state index in [4.69, 9.17) is 23.2 Å². The second kappa shape index (κ2) is 6.98. The molecule has 1 aromatic rings. The molecule has 18 heavy (non-hydrogen) atoms. The van der Waals surface area contributed by atoms with Crippen molar-refractivity contribution < 1.29 is 0 Å². The molecule has 0 spiro atoms. The second-order valence-electron chi connectivity index (χ2n) is 4.82. The van der Waals surface area contributed by atoms with Crippen LogP contribution in [0.1, 0.15) is 37.7 Å². The van der Waals surface area contributed by atoms with Crippen LogP contribution in [-0.4, -0.2) is 5.33 Å².